The van der Waals surface area contributed by atoms with E-state index in [-0.39, 0.29) is 30.0 Å². The Morgan fingerprint density at radius 2 is 2.14 bits per heavy atom. The van der Waals surface area contributed by atoms with Crippen LogP contribution in [0.15, 0.2) is 4.99 Å². The van der Waals surface area contributed by atoms with E-state index in [1.54, 1.807) is 0 Å². The van der Waals surface area contributed by atoms with E-state index >= 15 is 0 Å². The van der Waals surface area contributed by atoms with Crippen molar-refractivity contribution in [1.82, 2.24) is 25.4 Å². The molecule has 1 aromatic rings. The zero-order valence-electron chi connectivity index (χ0n) is 17.2. The maximum atomic E-state index is 5.83. The number of aromatic nitrogens is 3. The van der Waals surface area contributed by atoms with Crippen molar-refractivity contribution in [3.05, 3.63) is 11.6 Å². The maximum Gasteiger partial charge on any atom is 0.191 e. The van der Waals surface area contributed by atoms with Crippen LogP contribution in [-0.2, 0) is 16.0 Å². The van der Waals surface area contributed by atoms with E-state index in [4.69, 9.17) is 14.5 Å². The third-order valence-corrected chi connectivity index (χ3v) is 5.05. The fourth-order valence-corrected chi connectivity index (χ4v) is 3.61. The normalized spacial score (nSPS) is 20.4. The van der Waals surface area contributed by atoms with Crippen molar-refractivity contribution >= 4 is 29.9 Å². The summed E-state index contributed by atoms with van der Waals surface area (Å²) in [7, 11) is 0. The number of halogens is 1. The standard InChI is InChI=1S/C19H34N6O2.HI/c1-3-20-19(21-9-5-11-27-14-16-7-12-26-13-8-16)23-17-6-4-10-25-18(17)22-15(2)24-25;/h16-17H,3-14H2,1-2H3,(H2,20,21,23);1H. The zero-order valence-corrected chi connectivity index (χ0v) is 19.5. The summed E-state index contributed by atoms with van der Waals surface area (Å²) in [6, 6.07) is 0.169. The Morgan fingerprint density at radius 1 is 1.32 bits per heavy atom. The van der Waals surface area contributed by atoms with Gasteiger partial charge in [0, 0.05) is 46.1 Å². The predicted octanol–water partition coefficient (Wildman–Crippen LogP) is 2.43. The van der Waals surface area contributed by atoms with Gasteiger partial charge < -0.3 is 20.1 Å². The molecule has 2 aliphatic rings. The number of hydrogen-bond acceptors (Lipinski definition) is 5. The molecule has 0 spiro atoms. The second-order valence-electron chi connectivity index (χ2n) is 7.32. The smallest absolute Gasteiger partial charge is 0.191 e. The molecular weight excluding hydrogens is 471 g/mol. The first-order chi connectivity index (χ1) is 13.3. The lowest BCUT2D eigenvalue weighted by molar-refractivity contribution is 0.0205. The van der Waals surface area contributed by atoms with Gasteiger partial charge in [0.15, 0.2) is 5.96 Å². The highest BCUT2D eigenvalue weighted by Crippen LogP contribution is 2.22. The highest BCUT2D eigenvalue weighted by molar-refractivity contribution is 14.0. The van der Waals surface area contributed by atoms with Crippen LogP contribution >= 0.6 is 24.0 Å². The minimum absolute atomic E-state index is 0. The van der Waals surface area contributed by atoms with E-state index in [0.29, 0.717) is 5.92 Å². The molecule has 1 fully saturated rings. The molecule has 1 aromatic heterocycles. The molecular formula is C19H35IN6O2. The van der Waals surface area contributed by atoms with Gasteiger partial charge in [0.2, 0.25) is 0 Å². The molecule has 9 heteroatoms. The third kappa shape index (κ3) is 7.14. The van der Waals surface area contributed by atoms with Crippen molar-refractivity contribution in [3.63, 3.8) is 0 Å². The van der Waals surface area contributed by atoms with Crippen molar-refractivity contribution in [3.8, 4) is 0 Å². The lowest BCUT2D eigenvalue weighted by Crippen LogP contribution is -2.41. The SMILES string of the molecule is CCNC(=NCCCOCC1CCOCC1)NC1CCCn2nc(C)nc21.I. The maximum absolute atomic E-state index is 5.83. The summed E-state index contributed by atoms with van der Waals surface area (Å²) in [6.07, 6.45) is 5.33. The van der Waals surface area contributed by atoms with Crippen LogP contribution in [-0.4, -0.2) is 60.2 Å². The summed E-state index contributed by atoms with van der Waals surface area (Å²) in [5.41, 5.74) is 0. The summed E-state index contributed by atoms with van der Waals surface area (Å²) in [6.45, 7) is 9.94. The monoisotopic (exact) mass is 506 g/mol. The van der Waals surface area contributed by atoms with Gasteiger partial charge in [0.25, 0.3) is 0 Å². The average molecular weight is 506 g/mol. The quantitative estimate of drug-likeness (QED) is 0.244. The van der Waals surface area contributed by atoms with Gasteiger partial charge in [0.1, 0.15) is 11.6 Å². The molecule has 28 heavy (non-hydrogen) atoms. The summed E-state index contributed by atoms with van der Waals surface area (Å²) in [5.74, 6) is 3.36. The van der Waals surface area contributed by atoms with Gasteiger partial charge in [-0.15, -0.1) is 24.0 Å². The molecule has 0 bridgehead atoms. The van der Waals surface area contributed by atoms with E-state index in [9.17, 15) is 0 Å². The lowest BCUT2D eigenvalue weighted by atomic mass is 10.0. The molecule has 1 saturated heterocycles. The fraction of sp³-hybridized carbons (Fsp3) is 0.842. The number of fused-ring (bicyclic) bond motifs is 1. The van der Waals surface area contributed by atoms with Crippen molar-refractivity contribution in [1.29, 1.82) is 0 Å². The fourth-order valence-electron chi connectivity index (χ4n) is 3.61. The molecule has 0 saturated carbocycles. The van der Waals surface area contributed by atoms with Crippen molar-refractivity contribution in [2.45, 2.75) is 58.5 Å². The highest BCUT2D eigenvalue weighted by Gasteiger charge is 2.24. The van der Waals surface area contributed by atoms with E-state index in [1.807, 2.05) is 11.6 Å². The molecule has 1 unspecified atom stereocenters. The first-order valence-corrected chi connectivity index (χ1v) is 10.4. The summed E-state index contributed by atoms with van der Waals surface area (Å²) >= 11 is 0. The van der Waals surface area contributed by atoms with Gasteiger partial charge in [-0.25, -0.2) is 9.67 Å². The Morgan fingerprint density at radius 3 is 2.93 bits per heavy atom. The Labute approximate surface area is 185 Å². The minimum Gasteiger partial charge on any atom is -0.381 e. The second kappa shape index (κ2) is 12.6. The van der Waals surface area contributed by atoms with Crippen LogP contribution in [0, 0.1) is 12.8 Å². The molecule has 0 aromatic carbocycles. The number of aliphatic imine (C=N–C) groups is 1. The summed E-state index contributed by atoms with van der Waals surface area (Å²) in [4.78, 5) is 9.30. The van der Waals surface area contributed by atoms with Gasteiger partial charge >= 0.3 is 0 Å². The molecule has 2 aliphatic heterocycles. The number of guanidine groups is 1. The minimum atomic E-state index is 0. The number of hydrogen-bond donors (Lipinski definition) is 2. The molecule has 3 rings (SSSR count). The van der Waals surface area contributed by atoms with Crippen molar-refractivity contribution in [2.75, 3.05) is 39.5 Å². The lowest BCUT2D eigenvalue weighted by Gasteiger charge is -2.25. The largest absolute Gasteiger partial charge is 0.381 e. The number of rotatable bonds is 8. The third-order valence-electron chi connectivity index (χ3n) is 5.05. The average Bonchev–Trinajstić information content (AvgIpc) is 3.07. The van der Waals surface area contributed by atoms with Crippen LogP contribution in [0.5, 0.6) is 0 Å². The molecule has 2 N–H and O–H groups in total. The summed E-state index contributed by atoms with van der Waals surface area (Å²) < 4.78 is 13.2. The van der Waals surface area contributed by atoms with Crippen LogP contribution in [0.25, 0.3) is 0 Å². The van der Waals surface area contributed by atoms with Gasteiger partial charge in [-0.2, -0.15) is 5.10 Å². The molecule has 1 atom stereocenters. The van der Waals surface area contributed by atoms with E-state index < -0.39 is 0 Å². The predicted molar refractivity (Wildman–Crippen MR) is 120 cm³/mol. The van der Waals surface area contributed by atoms with Crippen LogP contribution in [0.2, 0.25) is 0 Å². The Balaban J connectivity index is 0.00000280. The van der Waals surface area contributed by atoms with Gasteiger partial charge in [-0.1, -0.05) is 0 Å². The van der Waals surface area contributed by atoms with E-state index in [0.717, 1.165) is 95.8 Å². The number of nitrogens with zero attached hydrogens (tertiary/aromatic N) is 4. The van der Waals surface area contributed by atoms with Crippen LogP contribution in [0.4, 0.5) is 0 Å². The first-order valence-electron chi connectivity index (χ1n) is 10.4. The Hall–Kier alpha value is -0.940. The Kier molecular flexibility index (Phi) is 10.5. The summed E-state index contributed by atoms with van der Waals surface area (Å²) in [5, 5.41) is 11.3. The second-order valence-corrected chi connectivity index (χ2v) is 7.32. The highest BCUT2D eigenvalue weighted by atomic mass is 127. The molecule has 0 aliphatic carbocycles. The number of ether oxygens (including phenoxy) is 2. The van der Waals surface area contributed by atoms with E-state index in [2.05, 4.69) is 27.6 Å². The number of aryl methyl sites for hydroxylation is 2. The van der Waals surface area contributed by atoms with Crippen molar-refractivity contribution < 1.29 is 9.47 Å². The first kappa shape index (κ1) is 23.3. The topological polar surface area (TPSA) is 85.6 Å². The van der Waals surface area contributed by atoms with E-state index in [1.165, 1.54) is 0 Å². The van der Waals surface area contributed by atoms with Gasteiger partial charge in [0.05, 0.1) is 6.04 Å². The van der Waals surface area contributed by atoms with Crippen LogP contribution in [0.1, 0.15) is 56.7 Å². The molecule has 0 amide bonds. The molecule has 0 radical (unpaired) electrons. The number of nitrogens with one attached hydrogen (secondary N) is 2. The van der Waals surface area contributed by atoms with Gasteiger partial charge in [-0.05, 0) is 51.9 Å². The Bertz CT molecular complexity index is 603. The molecule has 8 nitrogen and oxygen atoms in total. The zero-order chi connectivity index (χ0) is 18.9. The van der Waals surface area contributed by atoms with Crippen LogP contribution < -0.4 is 10.6 Å². The van der Waals surface area contributed by atoms with Crippen LogP contribution in [0.3, 0.4) is 0 Å². The van der Waals surface area contributed by atoms with Crippen molar-refractivity contribution in [2.24, 2.45) is 10.9 Å². The van der Waals surface area contributed by atoms with Gasteiger partial charge in [-0.3, -0.25) is 4.99 Å². The molecule has 160 valence electrons. The molecule has 3 heterocycles.